The predicted molar refractivity (Wildman–Crippen MR) is 104 cm³/mol. The Kier molecular flexibility index (Phi) is 6.01. The highest BCUT2D eigenvalue weighted by Crippen LogP contribution is 2.22. The zero-order valence-electron chi connectivity index (χ0n) is 14.7. The summed E-state index contributed by atoms with van der Waals surface area (Å²) in [4.78, 5) is 12.3. The third-order valence-corrected chi connectivity index (χ3v) is 3.95. The summed E-state index contributed by atoms with van der Waals surface area (Å²) in [6, 6.07) is 26.6. The van der Waals surface area contributed by atoms with Gasteiger partial charge in [0.25, 0.3) is 0 Å². The molecule has 0 radical (unpaired) electrons. The van der Waals surface area contributed by atoms with Crippen molar-refractivity contribution in [3.63, 3.8) is 0 Å². The molecule has 1 atom stereocenters. The van der Waals surface area contributed by atoms with Crippen molar-refractivity contribution >= 4 is 11.6 Å². The summed E-state index contributed by atoms with van der Waals surface area (Å²) in [5, 5.41) is 6.14. The van der Waals surface area contributed by atoms with Gasteiger partial charge in [-0.2, -0.15) is 0 Å². The van der Waals surface area contributed by atoms with Crippen LogP contribution in [0.4, 0.5) is 5.69 Å². The van der Waals surface area contributed by atoms with Crippen molar-refractivity contribution in [3.05, 3.63) is 90.5 Å². The Hall–Kier alpha value is -3.11. The molecular weight excluding hydrogens is 324 g/mol. The molecule has 1 amide bonds. The number of ether oxygens (including phenoxy) is 1. The van der Waals surface area contributed by atoms with Crippen molar-refractivity contribution in [1.29, 1.82) is 0 Å². The standard InChI is InChI=1S/C22H22N2O2/c1-17(23-16-18-8-4-2-5-9-18)22(25)24-19-12-14-21(15-13-19)26-20-10-6-3-7-11-20/h2-15,17,23H,16H2,1H3,(H,24,25)/t17-/m1/s1. The van der Waals surface area contributed by atoms with Crippen molar-refractivity contribution < 1.29 is 9.53 Å². The summed E-state index contributed by atoms with van der Waals surface area (Å²) in [6.07, 6.45) is 0. The number of nitrogens with one attached hydrogen (secondary N) is 2. The van der Waals surface area contributed by atoms with Crippen LogP contribution >= 0.6 is 0 Å². The molecule has 3 aromatic rings. The highest BCUT2D eigenvalue weighted by Gasteiger charge is 2.12. The Morgan fingerprint density at radius 1 is 0.846 bits per heavy atom. The van der Waals surface area contributed by atoms with Gasteiger partial charge in [0.15, 0.2) is 0 Å². The second-order valence-electron chi connectivity index (χ2n) is 6.02. The molecule has 132 valence electrons. The normalized spacial score (nSPS) is 11.6. The monoisotopic (exact) mass is 346 g/mol. The van der Waals surface area contributed by atoms with Gasteiger partial charge in [-0.3, -0.25) is 4.79 Å². The zero-order valence-corrected chi connectivity index (χ0v) is 14.7. The molecule has 4 nitrogen and oxygen atoms in total. The molecule has 0 fully saturated rings. The summed E-state index contributed by atoms with van der Waals surface area (Å²) in [5.74, 6) is 1.44. The lowest BCUT2D eigenvalue weighted by Crippen LogP contribution is -2.37. The first-order chi connectivity index (χ1) is 12.7. The molecule has 0 aliphatic heterocycles. The van der Waals surface area contributed by atoms with Crippen molar-refractivity contribution in [1.82, 2.24) is 5.32 Å². The largest absolute Gasteiger partial charge is 0.457 e. The van der Waals surface area contributed by atoms with Gasteiger partial charge in [-0.15, -0.1) is 0 Å². The molecule has 4 heteroatoms. The minimum Gasteiger partial charge on any atom is -0.457 e. The van der Waals surface area contributed by atoms with Crippen molar-refractivity contribution in [2.24, 2.45) is 0 Å². The maximum atomic E-state index is 12.3. The van der Waals surface area contributed by atoms with Crippen LogP contribution in [0.25, 0.3) is 0 Å². The van der Waals surface area contributed by atoms with Crippen molar-refractivity contribution in [2.45, 2.75) is 19.5 Å². The van der Waals surface area contributed by atoms with Gasteiger partial charge in [-0.1, -0.05) is 48.5 Å². The lowest BCUT2D eigenvalue weighted by Gasteiger charge is -2.14. The molecule has 2 N–H and O–H groups in total. The van der Waals surface area contributed by atoms with Crippen LogP contribution in [0.2, 0.25) is 0 Å². The van der Waals surface area contributed by atoms with E-state index in [1.807, 2.05) is 91.9 Å². The molecule has 0 saturated heterocycles. The number of hydrogen-bond donors (Lipinski definition) is 2. The molecule has 3 rings (SSSR count). The number of carbonyl (C=O) groups is 1. The molecule has 0 heterocycles. The molecule has 0 bridgehead atoms. The summed E-state index contributed by atoms with van der Waals surface area (Å²) >= 11 is 0. The second kappa shape index (κ2) is 8.83. The first kappa shape index (κ1) is 17.7. The number of carbonyl (C=O) groups excluding carboxylic acids is 1. The van der Waals surface area contributed by atoms with E-state index in [1.165, 1.54) is 0 Å². The number of anilines is 1. The van der Waals surface area contributed by atoms with Crippen LogP contribution < -0.4 is 15.4 Å². The van der Waals surface area contributed by atoms with Crippen LogP contribution in [-0.4, -0.2) is 11.9 Å². The van der Waals surface area contributed by atoms with Gasteiger partial charge in [-0.25, -0.2) is 0 Å². The quantitative estimate of drug-likeness (QED) is 0.657. The molecule has 0 aliphatic rings. The minimum atomic E-state index is -0.296. The number of hydrogen-bond acceptors (Lipinski definition) is 3. The maximum absolute atomic E-state index is 12.3. The van der Waals surface area contributed by atoms with Gasteiger partial charge in [0.1, 0.15) is 11.5 Å². The summed E-state index contributed by atoms with van der Waals surface area (Å²) < 4.78 is 5.75. The molecular formula is C22H22N2O2. The SMILES string of the molecule is C[C@@H](NCc1ccccc1)C(=O)Nc1ccc(Oc2ccccc2)cc1. The summed E-state index contributed by atoms with van der Waals surface area (Å²) in [6.45, 7) is 2.50. The molecule has 0 aromatic heterocycles. The lowest BCUT2D eigenvalue weighted by atomic mass is 10.2. The summed E-state index contributed by atoms with van der Waals surface area (Å²) in [5.41, 5.74) is 1.89. The van der Waals surface area contributed by atoms with Gasteiger partial charge in [0.05, 0.1) is 6.04 Å². The molecule has 3 aromatic carbocycles. The lowest BCUT2D eigenvalue weighted by molar-refractivity contribution is -0.117. The predicted octanol–water partition coefficient (Wildman–Crippen LogP) is 4.60. The van der Waals surface area contributed by atoms with Crippen LogP contribution in [0.3, 0.4) is 0 Å². The van der Waals surface area contributed by atoms with E-state index in [1.54, 1.807) is 0 Å². The van der Waals surface area contributed by atoms with E-state index in [2.05, 4.69) is 10.6 Å². The van der Waals surface area contributed by atoms with E-state index in [0.29, 0.717) is 6.54 Å². The Balaban J connectivity index is 1.50. The maximum Gasteiger partial charge on any atom is 0.241 e. The fraction of sp³-hybridized carbons (Fsp3) is 0.136. The van der Waals surface area contributed by atoms with E-state index in [0.717, 1.165) is 22.7 Å². The number of benzene rings is 3. The second-order valence-corrected chi connectivity index (χ2v) is 6.02. The average Bonchev–Trinajstić information content (AvgIpc) is 2.69. The van der Waals surface area contributed by atoms with Crippen LogP contribution in [-0.2, 0) is 11.3 Å². The van der Waals surface area contributed by atoms with Crippen LogP contribution in [0, 0.1) is 0 Å². The van der Waals surface area contributed by atoms with E-state index in [-0.39, 0.29) is 11.9 Å². The molecule has 0 aliphatic carbocycles. The molecule has 0 unspecified atom stereocenters. The van der Waals surface area contributed by atoms with Crippen LogP contribution in [0.5, 0.6) is 11.5 Å². The van der Waals surface area contributed by atoms with E-state index >= 15 is 0 Å². The zero-order chi connectivity index (χ0) is 18.2. The summed E-state index contributed by atoms with van der Waals surface area (Å²) in [7, 11) is 0. The van der Waals surface area contributed by atoms with Crippen molar-refractivity contribution in [3.8, 4) is 11.5 Å². The van der Waals surface area contributed by atoms with Gasteiger partial charge in [0, 0.05) is 12.2 Å². The Morgan fingerprint density at radius 3 is 2.08 bits per heavy atom. The van der Waals surface area contributed by atoms with Gasteiger partial charge < -0.3 is 15.4 Å². The number of para-hydroxylation sites is 1. The highest BCUT2D eigenvalue weighted by molar-refractivity contribution is 5.94. The van der Waals surface area contributed by atoms with E-state index in [4.69, 9.17) is 4.74 Å². The fourth-order valence-corrected chi connectivity index (χ4v) is 2.44. The third kappa shape index (κ3) is 5.19. The number of rotatable bonds is 7. The Bertz CT molecular complexity index is 818. The Morgan fingerprint density at radius 2 is 1.42 bits per heavy atom. The van der Waals surface area contributed by atoms with Crippen LogP contribution in [0.15, 0.2) is 84.9 Å². The Labute approximate surface area is 153 Å². The van der Waals surface area contributed by atoms with Gasteiger partial charge in [-0.05, 0) is 48.9 Å². The topological polar surface area (TPSA) is 50.4 Å². The minimum absolute atomic E-state index is 0.0716. The van der Waals surface area contributed by atoms with E-state index in [9.17, 15) is 4.79 Å². The van der Waals surface area contributed by atoms with Gasteiger partial charge >= 0.3 is 0 Å². The highest BCUT2D eigenvalue weighted by atomic mass is 16.5. The third-order valence-electron chi connectivity index (χ3n) is 3.95. The molecule has 0 spiro atoms. The van der Waals surface area contributed by atoms with Gasteiger partial charge in [0.2, 0.25) is 5.91 Å². The fourth-order valence-electron chi connectivity index (χ4n) is 2.44. The first-order valence-electron chi connectivity index (χ1n) is 8.62. The average molecular weight is 346 g/mol. The molecule has 0 saturated carbocycles. The first-order valence-corrected chi connectivity index (χ1v) is 8.62. The van der Waals surface area contributed by atoms with Crippen molar-refractivity contribution in [2.75, 3.05) is 5.32 Å². The van der Waals surface area contributed by atoms with E-state index < -0.39 is 0 Å². The number of amides is 1. The molecule has 26 heavy (non-hydrogen) atoms. The smallest absolute Gasteiger partial charge is 0.241 e. The van der Waals surface area contributed by atoms with Crippen LogP contribution in [0.1, 0.15) is 12.5 Å².